The van der Waals surface area contributed by atoms with Gasteiger partial charge >= 0.3 is 0 Å². The largest absolute Gasteiger partial charge is 0.372 e. The van der Waals surface area contributed by atoms with Gasteiger partial charge in [-0.15, -0.1) is 0 Å². The number of carbonyl (C=O) groups is 1. The number of rotatable bonds is 4. The summed E-state index contributed by atoms with van der Waals surface area (Å²) < 4.78 is 0. The first kappa shape index (κ1) is 20.3. The predicted octanol–water partition coefficient (Wildman–Crippen LogP) is 3.45. The normalized spacial score (nSPS) is 9.60. The van der Waals surface area contributed by atoms with E-state index in [1.165, 1.54) is 0 Å². The molecule has 0 aliphatic rings. The van der Waals surface area contributed by atoms with Crippen LogP contribution >= 0.6 is 0 Å². The number of Topliss-reactive ketones (excluding diaryl/α,β-unsaturated/α-hetero) is 1. The Morgan fingerprint density at radius 1 is 1.12 bits per heavy atom. The number of ketones is 1. The Hall–Kier alpha value is -2.76. The first-order chi connectivity index (χ1) is 11.7. The van der Waals surface area contributed by atoms with Gasteiger partial charge in [0.05, 0.1) is 6.20 Å². The summed E-state index contributed by atoms with van der Waals surface area (Å²) in [6.07, 6.45) is 1.97. The van der Waals surface area contributed by atoms with Gasteiger partial charge in [-0.2, -0.15) is 0 Å². The van der Waals surface area contributed by atoms with Gasteiger partial charge in [0.1, 0.15) is 11.3 Å². The summed E-state index contributed by atoms with van der Waals surface area (Å²) in [5, 5.41) is 2.94. The maximum Gasteiger partial charge on any atom is 0.180 e. The van der Waals surface area contributed by atoms with Crippen molar-refractivity contribution < 1.29 is 4.79 Å². The van der Waals surface area contributed by atoms with Crippen LogP contribution in [0.25, 0.3) is 11.2 Å². The van der Waals surface area contributed by atoms with Crippen LogP contribution in [0.5, 0.6) is 0 Å². The van der Waals surface area contributed by atoms with Gasteiger partial charge in [0.2, 0.25) is 0 Å². The molecule has 3 radical (unpaired) electrons. The summed E-state index contributed by atoms with van der Waals surface area (Å²) in [6.45, 7) is 5.89. The van der Waals surface area contributed by atoms with Crippen LogP contribution in [-0.4, -0.2) is 36.2 Å². The minimum Gasteiger partial charge on any atom is -0.372 e. The van der Waals surface area contributed by atoms with Crippen molar-refractivity contribution in [2.75, 3.05) is 12.4 Å². The van der Waals surface area contributed by atoms with Crippen LogP contribution in [0.2, 0.25) is 0 Å². The fourth-order valence-electron chi connectivity index (χ4n) is 2.27. The molecule has 0 spiro atoms. The van der Waals surface area contributed by atoms with E-state index >= 15 is 0 Å². The lowest BCUT2D eigenvalue weighted by Gasteiger charge is -2.07. The topological polar surface area (TPSA) is 67.8 Å². The lowest BCUT2D eigenvalue weighted by atomic mass is 10.0. The Labute approximate surface area is 150 Å². The van der Waals surface area contributed by atoms with Gasteiger partial charge in [0, 0.05) is 33.1 Å². The second kappa shape index (κ2) is 9.52. The average molecular weight is 333 g/mol. The molecule has 0 atom stereocenters. The van der Waals surface area contributed by atoms with Crippen molar-refractivity contribution >= 4 is 31.2 Å². The maximum absolute atomic E-state index is 12.3. The van der Waals surface area contributed by atoms with Gasteiger partial charge in [-0.1, -0.05) is 44.2 Å². The van der Waals surface area contributed by atoms with E-state index in [0.29, 0.717) is 29.0 Å². The molecule has 0 aliphatic carbocycles. The first-order valence-electron chi connectivity index (χ1n) is 8.06. The Balaban J connectivity index is 0.00000101. The molecule has 1 N–H and O–H groups in total. The van der Waals surface area contributed by atoms with Gasteiger partial charge in [-0.05, 0) is 18.6 Å². The highest BCUT2D eigenvalue weighted by Crippen LogP contribution is 2.17. The molecule has 2 aromatic heterocycles. The number of pyridine rings is 1. The van der Waals surface area contributed by atoms with E-state index in [1.807, 2.05) is 57.2 Å². The van der Waals surface area contributed by atoms with Crippen molar-refractivity contribution in [1.29, 1.82) is 0 Å². The third kappa shape index (κ3) is 4.86. The third-order valence-corrected chi connectivity index (χ3v) is 3.53. The lowest BCUT2D eigenvalue weighted by molar-refractivity contribution is 0.0992. The molecule has 3 rings (SSSR count). The summed E-state index contributed by atoms with van der Waals surface area (Å²) in [4.78, 5) is 25.5. The molecule has 0 saturated heterocycles. The highest BCUT2D eigenvalue weighted by atomic mass is 16.1. The number of hydrogen-bond donors (Lipinski definition) is 1. The van der Waals surface area contributed by atoms with E-state index in [1.54, 1.807) is 13.2 Å². The molecular weight excluding hydrogens is 311 g/mol. The number of anilines is 1. The molecule has 1 aromatic carbocycles. The number of carbonyl (C=O) groups excluding carboxylic acids is 1. The summed E-state index contributed by atoms with van der Waals surface area (Å²) in [6, 6.07) is 11.2. The Morgan fingerprint density at radius 3 is 2.44 bits per heavy atom. The smallest absolute Gasteiger partial charge is 0.180 e. The van der Waals surface area contributed by atoms with Crippen molar-refractivity contribution in [3.63, 3.8) is 0 Å². The van der Waals surface area contributed by atoms with Gasteiger partial charge in [0.25, 0.3) is 0 Å². The van der Waals surface area contributed by atoms with Crippen LogP contribution in [0.3, 0.4) is 0 Å². The quantitative estimate of drug-likeness (QED) is 0.585. The second-order valence-electron chi connectivity index (χ2n) is 5.05. The summed E-state index contributed by atoms with van der Waals surface area (Å²) in [5.41, 5.74) is 3.67. The van der Waals surface area contributed by atoms with Crippen molar-refractivity contribution in [3.05, 3.63) is 59.4 Å². The highest BCUT2D eigenvalue weighted by Gasteiger charge is 2.11. The SMILES string of the molecule is CC.CNc1cnc2cc(CC(=O)c3ccccc3)c(C)nc2n1.[B]. The van der Waals surface area contributed by atoms with Crippen molar-refractivity contribution in [3.8, 4) is 0 Å². The average Bonchev–Trinajstić information content (AvgIpc) is 2.64. The number of hydrogen-bond acceptors (Lipinski definition) is 5. The zero-order chi connectivity index (χ0) is 17.5. The molecule has 0 aliphatic heterocycles. The van der Waals surface area contributed by atoms with Crippen molar-refractivity contribution in [1.82, 2.24) is 15.0 Å². The Morgan fingerprint density at radius 2 is 1.80 bits per heavy atom. The van der Waals surface area contributed by atoms with E-state index in [2.05, 4.69) is 20.3 Å². The van der Waals surface area contributed by atoms with Gasteiger partial charge < -0.3 is 5.32 Å². The Bertz CT molecular complexity index is 837. The van der Waals surface area contributed by atoms with Crippen molar-refractivity contribution in [2.45, 2.75) is 27.2 Å². The van der Waals surface area contributed by atoms with Crippen LogP contribution in [0.1, 0.15) is 35.5 Å². The number of nitrogens with zero attached hydrogens (tertiary/aromatic N) is 3. The van der Waals surface area contributed by atoms with E-state index in [-0.39, 0.29) is 14.2 Å². The minimum atomic E-state index is 0. The fraction of sp³-hybridized carbons (Fsp3) is 0.263. The van der Waals surface area contributed by atoms with Gasteiger partial charge in [0.15, 0.2) is 11.4 Å². The van der Waals surface area contributed by atoms with E-state index in [0.717, 1.165) is 11.3 Å². The number of aromatic nitrogens is 3. The van der Waals surface area contributed by atoms with E-state index in [4.69, 9.17) is 0 Å². The molecule has 0 fully saturated rings. The molecular formula is C19H22BN4O. The summed E-state index contributed by atoms with van der Waals surface area (Å²) >= 11 is 0. The zero-order valence-corrected chi connectivity index (χ0v) is 15.1. The van der Waals surface area contributed by atoms with Crippen LogP contribution in [0.4, 0.5) is 5.82 Å². The second-order valence-corrected chi connectivity index (χ2v) is 5.05. The predicted molar refractivity (Wildman–Crippen MR) is 103 cm³/mol. The number of nitrogens with one attached hydrogen (secondary N) is 1. The lowest BCUT2D eigenvalue weighted by Crippen LogP contribution is -2.06. The molecule has 2 heterocycles. The monoisotopic (exact) mass is 333 g/mol. The number of aryl methyl sites for hydroxylation is 1. The van der Waals surface area contributed by atoms with Crippen LogP contribution in [0.15, 0.2) is 42.6 Å². The van der Waals surface area contributed by atoms with Crippen molar-refractivity contribution in [2.24, 2.45) is 0 Å². The molecule has 0 amide bonds. The molecule has 0 saturated carbocycles. The molecule has 0 bridgehead atoms. The van der Waals surface area contributed by atoms with Crippen LogP contribution in [-0.2, 0) is 6.42 Å². The minimum absolute atomic E-state index is 0. The molecule has 6 heteroatoms. The maximum atomic E-state index is 12.3. The number of benzene rings is 1. The third-order valence-electron chi connectivity index (χ3n) is 3.53. The molecule has 25 heavy (non-hydrogen) atoms. The van der Waals surface area contributed by atoms with Crippen LogP contribution < -0.4 is 5.32 Å². The molecule has 5 nitrogen and oxygen atoms in total. The molecule has 3 aromatic rings. The standard InChI is InChI=1S/C17H16N4O.C2H6.B/c1-11-13(9-15(22)12-6-4-3-5-7-12)8-14-17(20-11)21-16(18-2)10-19-14;1-2;/h3-8,10H,9H2,1-2H3,(H,18,20,21);1-2H3;. The molecule has 0 unspecified atom stereocenters. The van der Waals surface area contributed by atoms with E-state index in [9.17, 15) is 4.79 Å². The summed E-state index contributed by atoms with van der Waals surface area (Å²) in [7, 11) is 1.79. The Kier molecular flexibility index (Phi) is 7.73. The van der Waals surface area contributed by atoms with Crippen LogP contribution in [0, 0.1) is 6.92 Å². The summed E-state index contributed by atoms with van der Waals surface area (Å²) in [5.74, 6) is 0.747. The fourth-order valence-corrected chi connectivity index (χ4v) is 2.27. The first-order valence-corrected chi connectivity index (χ1v) is 8.06. The highest BCUT2D eigenvalue weighted by molar-refractivity contribution is 5.97. The van der Waals surface area contributed by atoms with Gasteiger partial charge in [-0.3, -0.25) is 4.79 Å². The zero-order valence-electron chi connectivity index (χ0n) is 15.1. The van der Waals surface area contributed by atoms with Gasteiger partial charge in [-0.25, -0.2) is 15.0 Å². The molecule has 127 valence electrons. The number of fused-ring (bicyclic) bond motifs is 1. The van der Waals surface area contributed by atoms with E-state index < -0.39 is 0 Å².